The molecule has 0 saturated carbocycles. The highest BCUT2D eigenvalue weighted by Crippen LogP contribution is 2.40. The number of hydrogen-bond acceptors (Lipinski definition) is 1. The van der Waals surface area contributed by atoms with E-state index in [4.69, 9.17) is 0 Å². The topological polar surface area (TPSA) is 0 Å². The van der Waals surface area contributed by atoms with E-state index >= 15 is 0 Å². The van der Waals surface area contributed by atoms with Crippen molar-refractivity contribution in [2.45, 2.75) is 0 Å². The maximum Gasteiger partial charge on any atom is 0.141 e. The van der Waals surface area contributed by atoms with E-state index in [1.807, 2.05) is 42.5 Å². The smallest absolute Gasteiger partial charge is 0.141 e. The van der Waals surface area contributed by atoms with E-state index in [9.17, 15) is 4.39 Å². The Hall–Kier alpha value is -2.19. The summed E-state index contributed by atoms with van der Waals surface area (Å²) in [5, 5.41) is 2.16. The van der Waals surface area contributed by atoms with E-state index in [2.05, 4.69) is 18.2 Å². The molecule has 96 valence electrons. The zero-order chi connectivity index (χ0) is 13.5. The fourth-order valence-electron chi connectivity index (χ4n) is 2.65. The highest BCUT2D eigenvalue weighted by atomic mass is 32.1. The Labute approximate surface area is 120 Å². The van der Waals surface area contributed by atoms with Crippen molar-refractivity contribution in [1.82, 2.24) is 0 Å². The monoisotopic (exact) mass is 278 g/mol. The molecule has 4 aromatic rings. The van der Waals surface area contributed by atoms with Crippen LogP contribution in [-0.2, 0) is 0 Å². The molecule has 0 saturated heterocycles. The fraction of sp³-hybridized carbons (Fsp3) is 0. The van der Waals surface area contributed by atoms with Gasteiger partial charge in [-0.3, -0.25) is 0 Å². The molecule has 0 aliphatic heterocycles. The highest BCUT2D eigenvalue weighted by molar-refractivity contribution is 7.26. The average molecular weight is 278 g/mol. The molecule has 0 bridgehead atoms. The van der Waals surface area contributed by atoms with Crippen LogP contribution in [0.1, 0.15) is 0 Å². The molecule has 2 heteroatoms. The summed E-state index contributed by atoms with van der Waals surface area (Å²) < 4.78 is 16.0. The third-order valence-electron chi connectivity index (χ3n) is 3.56. The predicted molar refractivity (Wildman–Crippen MR) is 84.7 cm³/mol. The van der Waals surface area contributed by atoms with Gasteiger partial charge in [0.05, 0.1) is 4.70 Å². The largest absolute Gasteiger partial charge is 0.205 e. The lowest BCUT2D eigenvalue weighted by atomic mass is 9.99. The maximum atomic E-state index is 14.1. The van der Waals surface area contributed by atoms with E-state index in [1.165, 1.54) is 11.3 Å². The van der Waals surface area contributed by atoms with Gasteiger partial charge in [-0.1, -0.05) is 54.6 Å². The van der Waals surface area contributed by atoms with E-state index in [0.717, 1.165) is 31.3 Å². The zero-order valence-corrected chi connectivity index (χ0v) is 11.5. The third kappa shape index (κ3) is 1.65. The summed E-state index contributed by atoms with van der Waals surface area (Å²) in [5.74, 6) is -0.138. The van der Waals surface area contributed by atoms with Crippen molar-refractivity contribution in [2.24, 2.45) is 0 Å². The van der Waals surface area contributed by atoms with Gasteiger partial charge in [-0.2, -0.15) is 0 Å². The van der Waals surface area contributed by atoms with Crippen LogP contribution in [0.5, 0.6) is 0 Å². The summed E-state index contributed by atoms with van der Waals surface area (Å²) in [6, 6.07) is 21.7. The van der Waals surface area contributed by atoms with Crippen molar-refractivity contribution in [3.05, 3.63) is 72.5 Å². The first kappa shape index (κ1) is 11.6. The molecule has 0 aliphatic rings. The minimum atomic E-state index is -0.138. The van der Waals surface area contributed by atoms with Crippen LogP contribution in [0.4, 0.5) is 4.39 Å². The van der Waals surface area contributed by atoms with E-state index < -0.39 is 0 Å². The Morgan fingerprint density at radius 2 is 1.50 bits per heavy atom. The lowest BCUT2D eigenvalue weighted by molar-refractivity contribution is 0.642. The van der Waals surface area contributed by atoms with Crippen LogP contribution < -0.4 is 0 Å². The van der Waals surface area contributed by atoms with Gasteiger partial charge in [0.2, 0.25) is 0 Å². The summed E-state index contributed by atoms with van der Waals surface area (Å²) in [6.07, 6.45) is 0. The van der Waals surface area contributed by atoms with Gasteiger partial charge in [0.25, 0.3) is 0 Å². The Balaban J connectivity index is 2.19. The fourth-order valence-corrected chi connectivity index (χ4v) is 3.79. The molecule has 0 nitrogen and oxygen atoms in total. The normalized spacial score (nSPS) is 11.2. The van der Waals surface area contributed by atoms with Crippen molar-refractivity contribution in [2.75, 3.05) is 0 Å². The molecule has 0 N–H and O–H groups in total. The van der Waals surface area contributed by atoms with Crippen molar-refractivity contribution < 1.29 is 4.39 Å². The Bertz CT molecular complexity index is 907. The first-order chi connectivity index (χ1) is 9.84. The molecule has 4 rings (SSSR count). The van der Waals surface area contributed by atoms with Crippen molar-refractivity contribution in [3.63, 3.8) is 0 Å². The van der Waals surface area contributed by atoms with Crippen molar-refractivity contribution in [1.29, 1.82) is 0 Å². The molecular formula is C18H11FS. The highest BCUT2D eigenvalue weighted by Gasteiger charge is 2.13. The van der Waals surface area contributed by atoms with Gasteiger partial charge in [0.1, 0.15) is 5.82 Å². The molecule has 20 heavy (non-hydrogen) atoms. The summed E-state index contributed by atoms with van der Waals surface area (Å²) in [6.45, 7) is 0. The van der Waals surface area contributed by atoms with E-state index in [0.29, 0.717) is 0 Å². The van der Waals surface area contributed by atoms with E-state index in [1.54, 1.807) is 6.07 Å². The molecule has 0 aliphatic carbocycles. The number of hydrogen-bond donors (Lipinski definition) is 0. The minimum absolute atomic E-state index is 0.138. The van der Waals surface area contributed by atoms with Crippen molar-refractivity contribution in [3.8, 4) is 11.1 Å². The van der Waals surface area contributed by atoms with Crippen LogP contribution in [0.15, 0.2) is 66.7 Å². The number of rotatable bonds is 1. The van der Waals surface area contributed by atoms with Crippen LogP contribution in [0.2, 0.25) is 0 Å². The summed E-state index contributed by atoms with van der Waals surface area (Å²) in [5.41, 5.74) is 2.22. The second-order valence-corrected chi connectivity index (χ2v) is 5.82. The third-order valence-corrected chi connectivity index (χ3v) is 4.74. The molecule has 1 heterocycles. The Kier molecular flexibility index (Phi) is 2.57. The molecule has 3 aromatic carbocycles. The number of thiophene rings is 1. The minimum Gasteiger partial charge on any atom is -0.205 e. The van der Waals surface area contributed by atoms with Crippen LogP contribution in [0, 0.1) is 5.82 Å². The molecule has 0 fully saturated rings. The van der Waals surface area contributed by atoms with Crippen LogP contribution in [-0.4, -0.2) is 0 Å². The van der Waals surface area contributed by atoms with Crippen LogP contribution in [0.3, 0.4) is 0 Å². The van der Waals surface area contributed by atoms with Gasteiger partial charge in [0.15, 0.2) is 0 Å². The summed E-state index contributed by atoms with van der Waals surface area (Å²) in [7, 11) is 0. The van der Waals surface area contributed by atoms with Gasteiger partial charge >= 0.3 is 0 Å². The van der Waals surface area contributed by atoms with Gasteiger partial charge < -0.3 is 0 Å². The van der Waals surface area contributed by atoms with Crippen LogP contribution in [0.25, 0.3) is 31.3 Å². The summed E-state index contributed by atoms with van der Waals surface area (Å²) in [4.78, 5) is 0. The number of fused-ring (bicyclic) bond motifs is 3. The summed E-state index contributed by atoms with van der Waals surface area (Å²) >= 11 is 1.52. The van der Waals surface area contributed by atoms with Gasteiger partial charge in [0, 0.05) is 15.5 Å². The first-order valence-corrected chi connectivity index (χ1v) is 7.31. The van der Waals surface area contributed by atoms with Gasteiger partial charge in [-0.25, -0.2) is 4.39 Å². The number of benzene rings is 3. The SMILES string of the molecule is Fc1ccc(-c2ccccc2)c2c1sc1ccccc12. The zero-order valence-electron chi connectivity index (χ0n) is 10.6. The predicted octanol–water partition coefficient (Wildman–Crippen LogP) is 5.86. The lowest BCUT2D eigenvalue weighted by Crippen LogP contribution is -1.81. The quantitative estimate of drug-likeness (QED) is 0.409. The molecule has 0 unspecified atom stereocenters. The standard InChI is InChI=1S/C18H11FS/c19-15-11-10-13(12-6-2-1-3-7-12)17-14-8-4-5-9-16(14)20-18(15)17/h1-11H. The Morgan fingerprint density at radius 3 is 2.35 bits per heavy atom. The first-order valence-electron chi connectivity index (χ1n) is 6.50. The van der Waals surface area contributed by atoms with E-state index in [-0.39, 0.29) is 5.82 Å². The maximum absolute atomic E-state index is 14.1. The van der Waals surface area contributed by atoms with Crippen molar-refractivity contribution >= 4 is 31.5 Å². The van der Waals surface area contributed by atoms with Gasteiger partial charge in [-0.05, 0) is 23.3 Å². The van der Waals surface area contributed by atoms with Gasteiger partial charge in [-0.15, -0.1) is 11.3 Å². The molecular weight excluding hydrogens is 267 g/mol. The Morgan fingerprint density at radius 1 is 0.750 bits per heavy atom. The lowest BCUT2D eigenvalue weighted by Gasteiger charge is -2.05. The molecule has 0 atom stereocenters. The second kappa shape index (κ2) is 4.43. The molecule has 0 radical (unpaired) electrons. The second-order valence-electron chi connectivity index (χ2n) is 4.76. The van der Waals surface area contributed by atoms with Crippen LogP contribution >= 0.6 is 11.3 Å². The molecule has 0 spiro atoms. The molecule has 1 aromatic heterocycles. The average Bonchev–Trinajstić information content (AvgIpc) is 2.89. The molecule has 0 amide bonds. The number of halogens is 1.